The van der Waals surface area contributed by atoms with Gasteiger partial charge in [0.1, 0.15) is 5.75 Å². The quantitative estimate of drug-likeness (QED) is 0.837. The van der Waals surface area contributed by atoms with Crippen LogP contribution >= 0.6 is 15.9 Å². The van der Waals surface area contributed by atoms with Crippen molar-refractivity contribution in [3.05, 3.63) is 28.7 Å². The molecule has 0 aliphatic carbocycles. The molecule has 1 rings (SSSR count). The standard InChI is InChI=1S/C13H18BrNO2/c1-10(2)8-15(3)13(16)9-17-12-6-4-11(14)5-7-12/h4-7,10H,8-9H2,1-3H3. The monoisotopic (exact) mass is 299 g/mol. The molecule has 0 radical (unpaired) electrons. The molecule has 1 aromatic carbocycles. The third-order valence-electron chi connectivity index (χ3n) is 2.24. The minimum atomic E-state index is 0.00150. The number of hydrogen-bond donors (Lipinski definition) is 0. The summed E-state index contributed by atoms with van der Waals surface area (Å²) in [7, 11) is 1.80. The Morgan fingerprint density at radius 3 is 2.47 bits per heavy atom. The SMILES string of the molecule is CC(C)CN(C)C(=O)COc1ccc(Br)cc1. The maximum Gasteiger partial charge on any atom is 0.260 e. The molecule has 0 unspecified atom stereocenters. The summed E-state index contributed by atoms with van der Waals surface area (Å²) in [5, 5.41) is 0. The fraction of sp³-hybridized carbons (Fsp3) is 0.462. The Balaban J connectivity index is 2.40. The van der Waals surface area contributed by atoms with E-state index in [1.54, 1.807) is 11.9 Å². The van der Waals surface area contributed by atoms with E-state index in [9.17, 15) is 4.79 Å². The first-order valence-corrected chi connectivity index (χ1v) is 6.40. The second-order valence-electron chi connectivity index (χ2n) is 4.41. The normalized spacial score (nSPS) is 10.4. The molecule has 0 spiro atoms. The van der Waals surface area contributed by atoms with E-state index in [0.29, 0.717) is 11.7 Å². The Labute approximate surface area is 111 Å². The van der Waals surface area contributed by atoms with Crippen molar-refractivity contribution < 1.29 is 9.53 Å². The average Bonchev–Trinajstić information content (AvgIpc) is 2.27. The van der Waals surface area contributed by atoms with Gasteiger partial charge in [0.15, 0.2) is 6.61 Å². The van der Waals surface area contributed by atoms with Gasteiger partial charge in [-0.05, 0) is 30.2 Å². The topological polar surface area (TPSA) is 29.5 Å². The minimum Gasteiger partial charge on any atom is -0.484 e. The van der Waals surface area contributed by atoms with Crippen molar-refractivity contribution in [1.29, 1.82) is 0 Å². The summed E-state index contributed by atoms with van der Waals surface area (Å²) in [6, 6.07) is 7.44. The second-order valence-corrected chi connectivity index (χ2v) is 5.33. The highest BCUT2D eigenvalue weighted by molar-refractivity contribution is 9.10. The van der Waals surface area contributed by atoms with Crippen LogP contribution in [-0.4, -0.2) is 31.0 Å². The lowest BCUT2D eigenvalue weighted by atomic mass is 10.2. The number of hydrogen-bond acceptors (Lipinski definition) is 2. The Hall–Kier alpha value is -1.03. The number of carbonyl (C=O) groups is 1. The highest BCUT2D eigenvalue weighted by atomic mass is 79.9. The molecule has 94 valence electrons. The van der Waals surface area contributed by atoms with E-state index in [1.807, 2.05) is 24.3 Å². The second kappa shape index (κ2) is 6.64. The molecule has 17 heavy (non-hydrogen) atoms. The Morgan fingerprint density at radius 2 is 1.94 bits per heavy atom. The van der Waals surface area contributed by atoms with Gasteiger partial charge in [-0.1, -0.05) is 29.8 Å². The van der Waals surface area contributed by atoms with Gasteiger partial charge in [-0.2, -0.15) is 0 Å². The first kappa shape index (κ1) is 14.0. The fourth-order valence-electron chi connectivity index (χ4n) is 1.44. The summed E-state index contributed by atoms with van der Waals surface area (Å²) in [6.07, 6.45) is 0. The number of amides is 1. The third-order valence-corrected chi connectivity index (χ3v) is 2.77. The van der Waals surface area contributed by atoms with Crippen molar-refractivity contribution in [1.82, 2.24) is 4.90 Å². The molecule has 0 saturated heterocycles. The number of likely N-dealkylation sites (N-methyl/N-ethyl adjacent to an activating group) is 1. The van der Waals surface area contributed by atoms with Gasteiger partial charge in [-0.3, -0.25) is 4.79 Å². The number of ether oxygens (including phenoxy) is 1. The summed E-state index contributed by atoms with van der Waals surface area (Å²) in [5.41, 5.74) is 0. The molecule has 0 aliphatic heterocycles. The molecule has 1 amide bonds. The van der Waals surface area contributed by atoms with Crippen molar-refractivity contribution >= 4 is 21.8 Å². The lowest BCUT2D eigenvalue weighted by Gasteiger charge is -2.19. The van der Waals surface area contributed by atoms with Gasteiger partial charge in [-0.15, -0.1) is 0 Å². The first-order valence-electron chi connectivity index (χ1n) is 5.61. The Bertz CT molecular complexity index is 362. The minimum absolute atomic E-state index is 0.00150. The number of carbonyl (C=O) groups excluding carboxylic acids is 1. The summed E-state index contributed by atoms with van der Waals surface area (Å²) in [4.78, 5) is 13.4. The van der Waals surface area contributed by atoms with E-state index in [2.05, 4.69) is 29.8 Å². The number of rotatable bonds is 5. The molecule has 1 aromatic rings. The van der Waals surface area contributed by atoms with E-state index < -0.39 is 0 Å². The molecule has 0 bridgehead atoms. The van der Waals surface area contributed by atoms with Crippen LogP contribution in [-0.2, 0) is 4.79 Å². The number of nitrogens with zero attached hydrogens (tertiary/aromatic N) is 1. The zero-order chi connectivity index (χ0) is 12.8. The maximum absolute atomic E-state index is 11.7. The van der Waals surface area contributed by atoms with Gasteiger partial charge in [0, 0.05) is 18.1 Å². The zero-order valence-corrected chi connectivity index (χ0v) is 12.0. The van der Waals surface area contributed by atoms with Gasteiger partial charge in [0.2, 0.25) is 0 Å². The third kappa shape index (κ3) is 5.22. The molecular formula is C13H18BrNO2. The summed E-state index contributed by atoms with van der Waals surface area (Å²) in [6.45, 7) is 5.01. The number of halogens is 1. The Kier molecular flexibility index (Phi) is 5.48. The predicted molar refractivity (Wildman–Crippen MR) is 72.1 cm³/mol. The van der Waals surface area contributed by atoms with Crippen molar-refractivity contribution in [2.45, 2.75) is 13.8 Å². The largest absolute Gasteiger partial charge is 0.484 e. The van der Waals surface area contributed by atoms with Gasteiger partial charge >= 0.3 is 0 Å². The molecule has 0 aromatic heterocycles. The van der Waals surface area contributed by atoms with Crippen LogP contribution in [0.4, 0.5) is 0 Å². The van der Waals surface area contributed by atoms with Crippen LogP contribution in [0, 0.1) is 5.92 Å². The molecule has 0 saturated carbocycles. The molecular weight excluding hydrogens is 282 g/mol. The molecule has 0 atom stereocenters. The van der Waals surface area contributed by atoms with Crippen LogP contribution in [0.5, 0.6) is 5.75 Å². The smallest absolute Gasteiger partial charge is 0.260 e. The first-order chi connectivity index (χ1) is 7.99. The predicted octanol–water partition coefficient (Wildman–Crippen LogP) is 2.94. The van der Waals surface area contributed by atoms with Crippen LogP contribution in [0.3, 0.4) is 0 Å². The molecule has 0 aliphatic rings. The van der Waals surface area contributed by atoms with Crippen LogP contribution in [0.1, 0.15) is 13.8 Å². The molecule has 4 heteroatoms. The van der Waals surface area contributed by atoms with Gasteiger partial charge in [0.25, 0.3) is 5.91 Å². The van der Waals surface area contributed by atoms with E-state index in [0.717, 1.165) is 11.0 Å². The van der Waals surface area contributed by atoms with Crippen molar-refractivity contribution in [2.24, 2.45) is 5.92 Å². The van der Waals surface area contributed by atoms with Crippen LogP contribution in [0.25, 0.3) is 0 Å². The average molecular weight is 300 g/mol. The number of benzene rings is 1. The molecule has 0 heterocycles. The molecule has 0 fully saturated rings. The van der Waals surface area contributed by atoms with Gasteiger partial charge in [-0.25, -0.2) is 0 Å². The van der Waals surface area contributed by atoms with Crippen LogP contribution < -0.4 is 4.74 Å². The van der Waals surface area contributed by atoms with E-state index in [4.69, 9.17) is 4.74 Å². The van der Waals surface area contributed by atoms with Crippen molar-refractivity contribution in [3.8, 4) is 5.75 Å². The maximum atomic E-state index is 11.7. The fourth-order valence-corrected chi connectivity index (χ4v) is 1.70. The van der Waals surface area contributed by atoms with Crippen molar-refractivity contribution in [3.63, 3.8) is 0 Å². The summed E-state index contributed by atoms with van der Waals surface area (Å²) in [5.74, 6) is 1.18. The van der Waals surface area contributed by atoms with Gasteiger partial charge in [0.05, 0.1) is 0 Å². The van der Waals surface area contributed by atoms with E-state index >= 15 is 0 Å². The highest BCUT2D eigenvalue weighted by Crippen LogP contribution is 2.16. The highest BCUT2D eigenvalue weighted by Gasteiger charge is 2.10. The van der Waals surface area contributed by atoms with Gasteiger partial charge < -0.3 is 9.64 Å². The van der Waals surface area contributed by atoms with E-state index in [-0.39, 0.29) is 12.5 Å². The summed E-state index contributed by atoms with van der Waals surface area (Å²) >= 11 is 3.35. The van der Waals surface area contributed by atoms with Crippen molar-refractivity contribution in [2.75, 3.05) is 20.2 Å². The lowest BCUT2D eigenvalue weighted by Crippen LogP contribution is -2.34. The molecule has 0 N–H and O–H groups in total. The van der Waals surface area contributed by atoms with Crippen LogP contribution in [0.15, 0.2) is 28.7 Å². The Morgan fingerprint density at radius 1 is 1.35 bits per heavy atom. The molecule has 3 nitrogen and oxygen atoms in total. The van der Waals surface area contributed by atoms with Crippen LogP contribution in [0.2, 0.25) is 0 Å². The lowest BCUT2D eigenvalue weighted by molar-refractivity contribution is -0.132. The summed E-state index contributed by atoms with van der Waals surface area (Å²) < 4.78 is 6.41. The zero-order valence-electron chi connectivity index (χ0n) is 10.4. The van der Waals surface area contributed by atoms with E-state index in [1.165, 1.54) is 0 Å².